The topological polar surface area (TPSA) is 84.2 Å². The molecule has 98 valence electrons. The maximum Gasteiger partial charge on any atom is 0.315 e. The Morgan fingerprint density at radius 3 is 2.26 bits per heavy atom. The lowest BCUT2D eigenvalue weighted by atomic mass is 10.2. The zero-order chi connectivity index (χ0) is 13.8. The molecule has 0 aliphatic heterocycles. The molecular formula is C13H13N3O3. The standard InChI is InChI=1S/C13H13N3O3/c1-8-3-5-10(6-4-8)14-12(17)13(18)15-11-7-9(2)19-16-11/h3-7H,1-2H3,(H,14,17)(H,15,16,18). The van der Waals surface area contributed by atoms with Gasteiger partial charge in [-0.1, -0.05) is 22.9 Å². The lowest BCUT2D eigenvalue weighted by Crippen LogP contribution is -2.29. The minimum absolute atomic E-state index is 0.210. The highest BCUT2D eigenvalue weighted by Gasteiger charge is 2.15. The number of carbonyl (C=O) groups is 2. The first-order valence-electron chi connectivity index (χ1n) is 5.67. The summed E-state index contributed by atoms with van der Waals surface area (Å²) in [6.45, 7) is 3.63. The average Bonchev–Trinajstić information content (AvgIpc) is 2.77. The Balaban J connectivity index is 1.96. The number of carbonyl (C=O) groups excluding carboxylic acids is 2. The van der Waals surface area contributed by atoms with Crippen molar-refractivity contribution in [1.82, 2.24) is 5.16 Å². The summed E-state index contributed by atoms with van der Waals surface area (Å²) in [5, 5.41) is 8.39. The van der Waals surface area contributed by atoms with E-state index in [0.717, 1.165) is 5.56 Å². The fourth-order valence-electron chi connectivity index (χ4n) is 1.42. The van der Waals surface area contributed by atoms with Crippen molar-refractivity contribution in [2.45, 2.75) is 13.8 Å². The summed E-state index contributed by atoms with van der Waals surface area (Å²) in [5.41, 5.74) is 1.63. The molecule has 1 aromatic carbocycles. The zero-order valence-electron chi connectivity index (χ0n) is 10.6. The Bertz CT molecular complexity index is 602. The Kier molecular flexibility index (Phi) is 3.61. The number of nitrogens with zero attached hydrogens (tertiary/aromatic N) is 1. The molecule has 2 amide bonds. The molecule has 0 radical (unpaired) electrons. The van der Waals surface area contributed by atoms with Gasteiger partial charge in [0.1, 0.15) is 5.76 Å². The molecule has 0 aliphatic rings. The van der Waals surface area contributed by atoms with Crippen LogP contribution in [0.4, 0.5) is 11.5 Å². The number of anilines is 2. The van der Waals surface area contributed by atoms with Crippen molar-refractivity contribution in [2.24, 2.45) is 0 Å². The highest BCUT2D eigenvalue weighted by molar-refractivity contribution is 6.43. The van der Waals surface area contributed by atoms with E-state index in [9.17, 15) is 9.59 Å². The third kappa shape index (κ3) is 3.41. The van der Waals surface area contributed by atoms with Gasteiger partial charge in [0.15, 0.2) is 5.82 Å². The molecule has 0 fully saturated rings. The van der Waals surface area contributed by atoms with Crippen molar-refractivity contribution in [1.29, 1.82) is 0 Å². The van der Waals surface area contributed by atoms with Crippen LogP contribution >= 0.6 is 0 Å². The third-order valence-electron chi connectivity index (χ3n) is 2.39. The van der Waals surface area contributed by atoms with E-state index in [1.165, 1.54) is 6.07 Å². The monoisotopic (exact) mass is 259 g/mol. The van der Waals surface area contributed by atoms with Crippen molar-refractivity contribution in [3.05, 3.63) is 41.7 Å². The SMILES string of the molecule is Cc1ccc(NC(=O)C(=O)Nc2cc(C)on2)cc1. The van der Waals surface area contributed by atoms with Gasteiger partial charge in [-0.3, -0.25) is 14.9 Å². The van der Waals surface area contributed by atoms with Gasteiger partial charge in [-0.05, 0) is 26.0 Å². The minimum Gasteiger partial charge on any atom is -0.360 e. The first kappa shape index (κ1) is 12.8. The normalized spacial score (nSPS) is 10.0. The second-order valence-electron chi connectivity index (χ2n) is 4.10. The van der Waals surface area contributed by atoms with E-state index in [-0.39, 0.29) is 5.82 Å². The molecule has 2 rings (SSSR count). The van der Waals surface area contributed by atoms with Crippen LogP contribution in [-0.4, -0.2) is 17.0 Å². The van der Waals surface area contributed by atoms with Crippen LogP contribution in [0.5, 0.6) is 0 Å². The van der Waals surface area contributed by atoms with Crippen molar-refractivity contribution < 1.29 is 14.1 Å². The van der Waals surface area contributed by atoms with E-state index in [2.05, 4.69) is 15.8 Å². The summed E-state index contributed by atoms with van der Waals surface area (Å²) >= 11 is 0. The van der Waals surface area contributed by atoms with Gasteiger partial charge in [0, 0.05) is 11.8 Å². The Hall–Kier alpha value is -2.63. The maximum absolute atomic E-state index is 11.6. The summed E-state index contributed by atoms with van der Waals surface area (Å²) < 4.78 is 4.78. The first-order valence-corrected chi connectivity index (χ1v) is 5.67. The Morgan fingerprint density at radius 1 is 1.05 bits per heavy atom. The van der Waals surface area contributed by atoms with Crippen molar-refractivity contribution in [3.63, 3.8) is 0 Å². The largest absolute Gasteiger partial charge is 0.360 e. The van der Waals surface area contributed by atoms with Crippen molar-refractivity contribution in [2.75, 3.05) is 10.6 Å². The molecule has 6 heteroatoms. The van der Waals surface area contributed by atoms with Crippen LogP contribution in [0, 0.1) is 13.8 Å². The molecule has 1 aromatic heterocycles. The minimum atomic E-state index is -0.797. The van der Waals surface area contributed by atoms with Crippen LogP contribution < -0.4 is 10.6 Å². The summed E-state index contributed by atoms with van der Waals surface area (Å²) in [7, 11) is 0. The number of benzene rings is 1. The van der Waals surface area contributed by atoms with Crippen molar-refractivity contribution in [3.8, 4) is 0 Å². The molecule has 2 aromatic rings. The third-order valence-corrected chi connectivity index (χ3v) is 2.39. The molecule has 0 aliphatic carbocycles. The Morgan fingerprint density at radius 2 is 1.68 bits per heavy atom. The molecule has 19 heavy (non-hydrogen) atoms. The molecular weight excluding hydrogens is 246 g/mol. The van der Waals surface area contributed by atoms with Crippen LogP contribution in [0.1, 0.15) is 11.3 Å². The second kappa shape index (κ2) is 5.34. The number of nitrogens with one attached hydrogen (secondary N) is 2. The van der Waals surface area contributed by atoms with Crippen molar-refractivity contribution >= 4 is 23.3 Å². The number of hydrogen-bond donors (Lipinski definition) is 2. The maximum atomic E-state index is 11.6. The predicted molar refractivity (Wildman–Crippen MR) is 69.7 cm³/mol. The van der Waals surface area contributed by atoms with E-state index in [0.29, 0.717) is 11.4 Å². The van der Waals surface area contributed by atoms with Gasteiger partial charge < -0.3 is 9.84 Å². The highest BCUT2D eigenvalue weighted by atomic mass is 16.5. The van der Waals surface area contributed by atoms with Gasteiger partial charge in [-0.2, -0.15) is 0 Å². The van der Waals surface area contributed by atoms with E-state index >= 15 is 0 Å². The van der Waals surface area contributed by atoms with Gasteiger partial charge in [0.25, 0.3) is 0 Å². The summed E-state index contributed by atoms with van der Waals surface area (Å²) in [4.78, 5) is 23.2. The smallest absolute Gasteiger partial charge is 0.315 e. The average molecular weight is 259 g/mol. The molecule has 1 heterocycles. The molecule has 0 saturated heterocycles. The van der Waals surface area contributed by atoms with Crippen LogP contribution in [0.15, 0.2) is 34.9 Å². The molecule has 0 saturated carbocycles. The van der Waals surface area contributed by atoms with Gasteiger partial charge >= 0.3 is 11.8 Å². The second-order valence-corrected chi connectivity index (χ2v) is 4.10. The van der Waals surface area contributed by atoms with Gasteiger partial charge in [0.05, 0.1) is 0 Å². The predicted octanol–water partition coefficient (Wildman–Crippen LogP) is 1.87. The summed E-state index contributed by atoms with van der Waals surface area (Å²) in [5.74, 6) is -0.797. The van der Waals surface area contributed by atoms with E-state index in [1.54, 1.807) is 19.1 Å². The lowest BCUT2D eigenvalue weighted by Gasteiger charge is -2.04. The summed E-state index contributed by atoms with van der Waals surface area (Å²) in [6.07, 6.45) is 0. The van der Waals surface area contributed by atoms with Gasteiger partial charge in [-0.25, -0.2) is 0 Å². The Labute approximate surface area is 109 Å². The quantitative estimate of drug-likeness (QED) is 0.806. The van der Waals surface area contributed by atoms with E-state index < -0.39 is 11.8 Å². The number of rotatable bonds is 2. The van der Waals surface area contributed by atoms with E-state index in [4.69, 9.17) is 4.52 Å². The molecule has 0 unspecified atom stereocenters. The van der Waals surface area contributed by atoms with E-state index in [1.807, 2.05) is 19.1 Å². The number of aromatic nitrogens is 1. The fourth-order valence-corrected chi connectivity index (χ4v) is 1.42. The molecule has 2 N–H and O–H groups in total. The highest BCUT2D eigenvalue weighted by Crippen LogP contribution is 2.09. The van der Waals surface area contributed by atoms with Crippen LogP contribution in [0.25, 0.3) is 0 Å². The zero-order valence-corrected chi connectivity index (χ0v) is 10.6. The molecule has 0 atom stereocenters. The molecule has 6 nitrogen and oxygen atoms in total. The van der Waals surface area contributed by atoms with Crippen LogP contribution in [0.2, 0.25) is 0 Å². The van der Waals surface area contributed by atoms with Gasteiger partial charge in [-0.15, -0.1) is 0 Å². The number of aryl methyl sites for hydroxylation is 2. The summed E-state index contributed by atoms with van der Waals surface area (Å²) in [6, 6.07) is 8.65. The number of amides is 2. The van der Waals surface area contributed by atoms with Crippen LogP contribution in [-0.2, 0) is 9.59 Å². The fraction of sp³-hybridized carbons (Fsp3) is 0.154. The molecule has 0 spiro atoms. The lowest BCUT2D eigenvalue weighted by molar-refractivity contribution is -0.133. The van der Waals surface area contributed by atoms with Gasteiger partial charge in [0.2, 0.25) is 0 Å². The van der Waals surface area contributed by atoms with Crippen LogP contribution in [0.3, 0.4) is 0 Å². The number of hydrogen-bond acceptors (Lipinski definition) is 4. The first-order chi connectivity index (χ1) is 9.04. The molecule has 0 bridgehead atoms.